The molecule has 1 heterocycles. The van der Waals surface area contributed by atoms with Gasteiger partial charge in [0.1, 0.15) is 6.61 Å². The first-order chi connectivity index (χ1) is 6.83. The minimum atomic E-state index is 0.592. The lowest BCUT2D eigenvalue weighted by Gasteiger charge is -2.05. The Morgan fingerprint density at radius 1 is 1.29 bits per heavy atom. The van der Waals surface area contributed by atoms with Gasteiger partial charge >= 0.3 is 0 Å². The molecule has 0 saturated carbocycles. The molecule has 1 aromatic heterocycles. The van der Waals surface area contributed by atoms with Gasteiger partial charge in [-0.1, -0.05) is 6.92 Å². The second-order valence-electron chi connectivity index (χ2n) is 3.11. The third kappa shape index (κ3) is 4.18. The largest absolute Gasteiger partial charge is 0.475 e. The minimum Gasteiger partial charge on any atom is -0.475 e. The summed E-state index contributed by atoms with van der Waals surface area (Å²) in [6.07, 6.45) is 1.14. The Kier molecular flexibility index (Phi) is 4.93. The van der Waals surface area contributed by atoms with Crippen molar-refractivity contribution in [2.45, 2.75) is 20.3 Å². The number of aryl methyl sites for hydroxylation is 1. The smallest absolute Gasteiger partial charge is 0.233 e. The van der Waals surface area contributed by atoms with Gasteiger partial charge in [0, 0.05) is 12.6 Å². The van der Waals surface area contributed by atoms with Crippen molar-refractivity contribution < 1.29 is 4.74 Å². The van der Waals surface area contributed by atoms with Crippen LogP contribution >= 0.6 is 0 Å². The Labute approximate surface area is 84.7 Å². The van der Waals surface area contributed by atoms with E-state index in [4.69, 9.17) is 4.74 Å². The van der Waals surface area contributed by atoms with Crippen molar-refractivity contribution in [2.75, 3.05) is 19.7 Å². The maximum atomic E-state index is 5.37. The van der Waals surface area contributed by atoms with E-state index in [2.05, 4.69) is 22.4 Å². The lowest BCUT2D eigenvalue weighted by atomic mass is 10.4. The van der Waals surface area contributed by atoms with Crippen LogP contribution in [0.15, 0.2) is 12.1 Å². The van der Waals surface area contributed by atoms with Crippen molar-refractivity contribution in [3.63, 3.8) is 0 Å². The number of rotatable bonds is 6. The minimum absolute atomic E-state index is 0.592. The van der Waals surface area contributed by atoms with E-state index in [1.165, 1.54) is 0 Å². The third-order valence-corrected chi connectivity index (χ3v) is 1.73. The molecule has 78 valence electrons. The van der Waals surface area contributed by atoms with Gasteiger partial charge < -0.3 is 10.1 Å². The first-order valence-corrected chi connectivity index (χ1v) is 4.96. The molecule has 1 N–H and O–H groups in total. The van der Waals surface area contributed by atoms with Gasteiger partial charge in [-0.3, -0.25) is 0 Å². The number of hydrogen-bond donors (Lipinski definition) is 1. The van der Waals surface area contributed by atoms with Gasteiger partial charge in [0.05, 0.1) is 5.69 Å². The summed E-state index contributed by atoms with van der Waals surface area (Å²) >= 11 is 0. The van der Waals surface area contributed by atoms with E-state index >= 15 is 0 Å². The molecule has 0 bridgehead atoms. The molecular formula is C10H17N3O. The van der Waals surface area contributed by atoms with E-state index in [0.29, 0.717) is 12.5 Å². The van der Waals surface area contributed by atoms with Crippen LogP contribution in [0.5, 0.6) is 5.88 Å². The molecule has 0 atom stereocenters. The predicted molar refractivity (Wildman–Crippen MR) is 55.4 cm³/mol. The van der Waals surface area contributed by atoms with Gasteiger partial charge in [0.25, 0.3) is 0 Å². The molecular weight excluding hydrogens is 178 g/mol. The number of nitrogens with one attached hydrogen (secondary N) is 1. The average Bonchev–Trinajstić information content (AvgIpc) is 2.21. The first-order valence-electron chi connectivity index (χ1n) is 4.96. The molecule has 0 spiro atoms. The maximum Gasteiger partial charge on any atom is 0.233 e. The van der Waals surface area contributed by atoms with Crippen LogP contribution in [0, 0.1) is 6.92 Å². The number of aromatic nitrogens is 2. The summed E-state index contributed by atoms with van der Waals surface area (Å²) in [6, 6.07) is 3.73. The summed E-state index contributed by atoms with van der Waals surface area (Å²) in [6.45, 7) is 6.56. The summed E-state index contributed by atoms with van der Waals surface area (Å²) in [5.41, 5.74) is 0.904. The van der Waals surface area contributed by atoms with E-state index in [-0.39, 0.29) is 0 Å². The topological polar surface area (TPSA) is 47.0 Å². The van der Waals surface area contributed by atoms with E-state index in [1.807, 2.05) is 19.1 Å². The fraction of sp³-hybridized carbons (Fsp3) is 0.600. The Morgan fingerprint density at radius 2 is 2.14 bits per heavy atom. The second kappa shape index (κ2) is 6.32. The zero-order valence-corrected chi connectivity index (χ0v) is 8.79. The van der Waals surface area contributed by atoms with Gasteiger partial charge in [-0.2, -0.15) is 5.10 Å². The van der Waals surface area contributed by atoms with Crippen molar-refractivity contribution in [1.29, 1.82) is 0 Å². The molecule has 14 heavy (non-hydrogen) atoms. The van der Waals surface area contributed by atoms with Gasteiger partial charge in [-0.15, -0.1) is 5.10 Å². The average molecular weight is 195 g/mol. The maximum absolute atomic E-state index is 5.37. The second-order valence-corrected chi connectivity index (χ2v) is 3.11. The van der Waals surface area contributed by atoms with Crippen LogP contribution in [0.4, 0.5) is 0 Å². The predicted octanol–water partition coefficient (Wildman–Crippen LogP) is 1.16. The van der Waals surface area contributed by atoms with E-state index < -0.39 is 0 Å². The summed E-state index contributed by atoms with van der Waals surface area (Å²) in [5.74, 6) is 0.592. The van der Waals surface area contributed by atoms with Crippen molar-refractivity contribution in [1.82, 2.24) is 15.5 Å². The number of hydrogen-bond acceptors (Lipinski definition) is 4. The lowest BCUT2D eigenvalue weighted by molar-refractivity contribution is 0.299. The molecule has 0 radical (unpaired) electrons. The lowest BCUT2D eigenvalue weighted by Crippen LogP contribution is -2.21. The normalized spacial score (nSPS) is 10.1. The van der Waals surface area contributed by atoms with Crippen LogP contribution in [-0.2, 0) is 0 Å². The van der Waals surface area contributed by atoms with Gasteiger partial charge in [-0.25, -0.2) is 0 Å². The number of nitrogens with zero attached hydrogens (tertiary/aromatic N) is 2. The Bertz CT molecular complexity index is 248. The van der Waals surface area contributed by atoms with E-state index in [0.717, 1.165) is 25.2 Å². The fourth-order valence-corrected chi connectivity index (χ4v) is 0.993. The SMILES string of the molecule is CCCNCCOc1ccc(C)nn1. The highest BCUT2D eigenvalue weighted by atomic mass is 16.5. The third-order valence-electron chi connectivity index (χ3n) is 1.73. The first kappa shape index (κ1) is 10.9. The van der Waals surface area contributed by atoms with E-state index in [9.17, 15) is 0 Å². The van der Waals surface area contributed by atoms with Gasteiger partial charge in [-0.05, 0) is 26.0 Å². The summed E-state index contributed by atoms with van der Waals surface area (Å²) in [4.78, 5) is 0. The van der Waals surface area contributed by atoms with Crippen LogP contribution in [0.25, 0.3) is 0 Å². The molecule has 4 heteroatoms. The van der Waals surface area contributed by atoms with Crippen molar-refractivity contribution in [3.05, 3.63) is 17.8 Å². The van der Waals surface area contributed by atoms with Gasteiger partial charge in [0.2, 0.25) is 5.88 Å². The molecule has 1 rings (SSSR count). The molecule has 1 aromatic rings. The molecule has 0 unspecified atom stereocenters. The summed E-state index contributed by atoms with van der Waals surface area (Å²) in [5, 5.41) is 11.0. The molecule has 4 nitrogen and oxygen atoms in total. The summed E-state index contributed by atoms with van der Waals surface area (Å²) < 4.78 is 5.37. The molecule has 0 aromatic carbocycles. The Hall–Kier alpha value is -1.16. The Balaban J connectivity index is 2.15. The van der Waals surface area contributed by atoms with Crippen LogP contribution in [-0.4, -0.2) is 29.9 Å². The van der Waals surface area contributed by atoms with Crippen molar-refractivity contribution >= 4 is 0 Å². The van der Waals surface area contributed by atoms with Crippen LogP contribution in [0.2, 0.25) is 0 Å². The van der Waals surface area contributed by atoms with Gasteiger partial charge in [0.15, 0.2) is 0 Å². The molecule has 0 saturated heterocycles. The van der Waals surface area contributed by atoms with Crippen molar-refractivity contribution in [3.8, 4) is 5.88 Å². The molecule has 0 aliphatic carbocycles. The zero-order chi connectivity index (χ0) is 10.2. The molecule has 0 aliphatic heterocycles. The monoisotopic (exact) mass is 195 g/mol. The highest BCUT2D eigenvalue weighted by molar-refractivity contribution is 5.09. The molecule has 0 fully saturated rings. The highest BCUT2D eigenvalue weighted by Crippen LogP contribution is 2.02. The van der Waals surface area contributed by atoms with Crippen LogP contribution < -0.4 is 10.1 Å². The molecule has 0 amide bonds. The van der Waals surface area contributed by atoms with Crippen molar-refractivity contribution in [2.24, 2.45) is 0 Å². The van der Waals surface area contributed by atoms with Crippen LogP contribution in [0.1, 0.15) is 19.0 Å². The quantitative estimate of drug-likeness (QED) is 0.692. The fourth-order valence-electron chi connectivity index (χ4n) is 0.993. The zero-order valence-electron chi connectivity index (χ0n) is 8.79. The standard InChI is InChI=1S/C10H17N3O/c1-3-6-11-7-8-14-10-5-4-9(2)12-13-10/h4-5,11H,3,6-8H2,1-2H3. The highest BCUT2D eigenvalue weighted by Gasteiger charge is 1.94. The van der Waals surface area contributed by atoms with Crippen LogP contribution in [0.3, 0.4) is 0 Å². The number of ether oxygens (including phenoxy) is 1. The Morgan fingerprint density at radius 3 is 2.79 bits per heavy atom. The molecule has 0 aliphatic rings. The van der Waals surface area contributed by atoms with E-state index in [1.54, 1.807) is 0 Å². The summed E-state index contributed by atoms with van der Waals surface area (Å²) in [7, 11) is 0.